The number of rotatable bonds is 5. The van der Waals surface area contributed by atoms with Crippen molar-refractivity contribution in [2.45, 2.75) is 6.92 Å². The molecular weight excluding hydrogens is 243 g/mol. The number of carbonyl (C=O) groups excluding carboxylic acids is 1. The van der Waals surface area contributed by atoms with Gasteiger partial charge in [0.15, 0.2) is 0 Å². The van der Waals surface area contributed by atoms with Crippen LogP contribution in [0.2, 0.25) is 0 Å². The summed E-state index contributed by atoms with van der Waals surface area (Å²) in [5, 5.41) is 19.2. The Balaban J connectivity index is 3.00. The van der Waals surface area contributed by atoms with Gasteiger partial charge >= 0.3 is 5.69 Å². The van der Waals surface area contributed by atoms with Crippen molar-refractivity contribution in [2.24, 2.45) is 0 Å². The van der Waals surface area contributed by atoms with Crippen molar-refractivity contribution in [3.63, 3.8) is 0 Å². The number of carbonyl (C=O) groups is 1. The van der Waals surface area contributed by atoms with Crippen LogP contribution in [0.4, 0.5) is 10.1 Å². The zero-order valence-corrected chi connectivity index (χ0v) is 9.80. The van der Waals surface area contributed by atoms with Gasteiger partial charge in [0.2, 0.25) is 5.82 Å². The van der Waals surface area contributed by atoms with Crippen molar-refractivity contribution < 1.29 is 19.2 Å². The lowest BCUT2D eigenvalue weighted by Crippen LogP contribution is -2.33. The molecule has 0 fully saturated rings. The average Bonchev–Trinajstić information content (AvgIpc) is 2.34. The van der Waals surface area contributed by atoms with Gasteiger partial charge in [-0.15, -0.1) is 0 Å². The van der Waals surface area contributed by atoms with Crippen LogP contribution in [0.15, 0.2) is 18.2 Å². The van der Waals surface area contributed by atoms with Gasteiger partial charge in [-0.2, -0.15) is 4.39 Å². The van der Waals surface area contributed by atoms with E-state index in [4.69, 9.17) is 5.11 Å². The molecule has 0 radical (unpaired) electrons. The van der Waals surface area contributed by atoms with E-state index in [-0.39, 0.29) is 18.7 Å². The highest BCUT2D eigenvalue weighted by atomic mass is 19.1. The zero-order chi connectivity index (χ0) is 13.7. The Kier molecular flexibility index (Phi) is 4.73. The molecule has 0 atom stereocenters. The van der Waals surface area contributed by atoms with Gasteiger partial charge in [-0.25, -0.2) is 0 Å². The summed E-state index contributed by atoms with van der Waals surface area (Å²) in [7, 11) is 0. The number of hydrogen-bond acceptors (Lipinski definition) is 4. The molecule has 0 aliphatic rings. The first-order chi connectivity index (χ1) is 8.51. The number of nitrogens with zero attached hydrogens (tertiary/aromatic N) is 2. The van der Waals surface area contributed by atoms with E-state index in [1.54, 1.807) is 6.92 Å². The number of nitro groups is 1. The summed E-state index contributed by atoms with van der Waals surface area (Å²) in [6, 6.07) is 2.99. The summed E-state index contributed by atoms with van der Waals surface area (Å²) in [5.41, 5.74) is -0.648. The monoisotopic (exact) mass is 256 g/mol. The predicted molar refractivity (Wildman–Crippen MR) is 61.7 cm³/mol. The summed E-state index contributed by atoms with van der Waals surface area (Å²) < 4.78 is 13.4. The number of benzene rings is 1. The molecule has 7 heteroatoms. The molecule has 0 unspecified atom stereocenters. The molecule has 1 rings (SSSR count). The summed E-state index contributed by atoms with van der Waals surface area (Å²) in [5.74, 6) is -1.52. The van der Waals surface area contributed by atoms with E-state index >= 15 is 0 Å². The predicted octanol–water partition coefficient (Wildman–Crippen LogP) is 1.19. The number of likely N-dealkylation sites (N-methyl/N-ethyl adjacent to an activating group) is 1. The average molecular weight is 256 g/mol. The Hall–Kier alpha value is -2.02. The molecule has 6 nitrogen and oxygen atoms in total. The van der Waals surface area contributed by atoms with Gasteiger partial charge in [0.05, 0.1) is 11.5 Å². The Labute approximate surface area is 103 Å². The number of amides is 1. The molecule has 0 spiro atoms. The minimum atomic E-state index is -1.05. The molecule has 0 heterocycles. The Morgan fingerprint density at radius 3 is 2.67 bits per heavy atom. The van der Waals surface area contributed by atoms with Gasteiger partial charge in [-0.3, -0.25) is 14.9 Å². The first-order valence-corrected chi connectivity index (χ1v) is 5.35. The van der Waals surface area contributed by atoms with Crippen molar-refractivity contribution in [1.29, 1.82) is 0 Å². The third-order valence-electron chi connectivity index (χ3n) is 2.43. The second-order valence-corrected chi connectivity index (χ2v) is 3.53. The topological polar surface area (TPSA) is 83.7 Å². The van der Waals surface area contributed by atoms with E-state index in [2.05, 4.69) is 0 Å². The highest BCUT2D eigenvalue weighted by Crippen LogP contribution is 2.18. The molecule has 18 heavy (non-hydrogen) atoms. The Bertz CT molecular complexity index is 464. The van der Waals surface area contributed by atoms with E-state index in [0.717, 1.165) is 12.1 Å². The highest BCUT2D eigenvalue weighted by Gasteiger charge is 2.19. The van der Waals surface area contributed by atoms with Crippen LogP contribution >= 0.6 is 0 Å². The number of aliphatic hydroxyl groups excluding tert-OH is 1. The van der Waals surface area contributed by atoms with E-state index in [9.17, 15) is 19.3 Å². The van der Waals surface area contributed by atoms with E-state index in [1.165, 1.54) is 11.0 Å². The normalized spacial score (nSPS) is 10.2. The van der Waals surface area contributed by atoms with Crippen LogP contribution < -0.4 is 0 Å². The number of halogens is 1. The van der Waals surface area contributed by atoms with Crippen LogP contribution in [-0.4, -0.2) is 40.5 Å². The van der Waals surface area contributed by atoms with E-state index in [1.807, 2.05) is 0 Å². The zero-order valence-electron chi connectivity index (χ0n) is 9.80. The SMILES string of the molecule is CCN(CCO)C(=O)c1ccc([N+](=O)[O-])c(F)c1. The lowest BCUT2D eigenvalue weighted by atomic mass is 10.1. The third-order valence-corrected chi connectivity index (χ3v) is 2.43. The van der Waals surface area contributed by atoms with Gasteiger partial charge < -0.3 is 10.0 Å². The molecule has 0 saturated carbocycles. The maximum absolute atomic E-state index is 13.4. The van der Waals surface area contributed by atoms with Crippen LogP contribution in [0, 0.1) is 15.9 Å². The van der Waals surface area contributed by atoms with Gasteiger partial charge in [0, 0.05) is 24.7 Å². The van der Waals surface area contributed by atoms with Crippen molar-refractivity contribution in [1.82, 2.24) is 4.90 Å². The highest BCUT2D eigenvalue weighted by molar-refractivity contribution is 5.94. The summed E-state index contributed by atoms with van der Waals surface area (Å²) in [4.78, 5) is 22.8. The summed E-state index contributed by atoms with van der Waals surface area (Å²) in [6.45, 7) is 2.01. The maximum Gasteiger partial charge on any atom is 0.304 e. The fourth-order valence-electron chi connectivity index (χ4n) is 1.49. The van der Waals surface area contributed by atoms with E-state index in [0.29, 0.717) is 6.54 Å². The standard InChI is InChI=1S/C11H13FN2O4/c1-2-13(5-6-15)11(16)8-3-4-10(14(17)18)9(12)7-8/h3-4,7,15H,2,5-6H2,1H3. The number of hydrogen-bond donors (Lipinski definition) is 1. The van der Waals surface area contributed by atoms with Crippen molar-refractivity contribution >= 4 is 11.6 Å². The number of aliphatic hydroxyl groups is 1. The van der Waals surface area contributed by atoms with E-state index < -0.39 is 22.3 Å². The molecule has 1 aromatic carbocycles. The molecule has 98 valence electrons. The second kappa shape index (κ2) is 6.06. The minimum Gasteiger partial charge on any atom is -0.395 e. The fourth-order valence-corrected chi connectivity index (χ4v) is 1.49. The minimum absolute atomic E-state index is 0.0217. The fraction of sp³-hybridized carbons (Fsp3) is 0.364. The largest absolute Gasteiger partial charge is 0.395 e. The van der Waals surface area contributed by atoms with Crippen molar-refractivity contribution in [3.8, 4) is 0 Å². The first kappa shape index (κ1) is 14.0. The number of nitro benzene ring substituents is 1. The lowest BCUT2D eigenvalue weighted by molar-refractivity contribution is -0.387. The van der Waals surface area contributed by atoms with Gasteiger partial charge in [-0.05, 0) is 19.1 Å². The lowest BCUT2D eigenvalue weighted by Gasteiger charge is -2.19. The molecule has 1 N–H and O–H groups in total. The maximum atomic E-state index is 13.4. The van der Waals surface area contributed by atoms with Gasteiger partial charge in [0.1, 0.15) is 0 Å². The van der Waals surface area contributed by atoms with Crippen LogP contribution in [0.25, 0.3) is 0 Å². The van der Waals surface area contributed by atoms with Gasteiger partial charge in [-0.1, -0.05) is 0 Å². The van der Waals surface area contributed by atoms with Crippen LogP contribution in [0.1, 0.15) is 17.3 Å². The molecule has 1 amide bonds. The Morgan fingerprint density at radius 2 is 2.22 bits per heavy atom. The van der Waals surface area contributed by atoms with Crippen molar-refractivity contribution in [3.05, 3.63) is 39.7 Å². The summed E-state index contributed by atoms with van der Waals surface area (Å²) in [6.07, 6.45) is 0. The molecule has 0 bridgehead atoms. The third kappa shape index (κ3) is 3.01. The Morgan fingerprint density at radius 1 is 1.56 bits per heavy atom. The molecule has 0 aliphatic heterocycles. The quantitative estimate of drug-likeness (QED) is 0.633. The van der Waals surface area contributed by atoms with Crippen LogP contribution in [0.5, 0.6) is 0 Å². The molecular formula is C11H13FN2O4. The smallest absolute Gasteiger partial charge is 0.304 e. The summed E-state index contributed by atoms with van der Waals surface area (Å²) >= 11 is 0. The van der Waals surface area contributed by atoms with Crippen LogP contribution in [-0.2, 0) is 0 Å². The molecule has 0 aliphatic carbocycles. The van der Waals surface area contributed by atoms with Crippen molar-refractivity contribution in [2.75, 3.05) is 19.7 Å². The molecule has 1 aromatic rings. The van der Waals surface area contributed by atoms with Crippen LogP contribution in [0.3, 0.4) is 0 Å². The first-order valence-electron chi connectivity index (χ1n) is 5.35. The van der Waals surface area contributed by atoms with Gasteiger partial charge in [0.25, 0.3) is 5.91 Å². The second-order valence-electron chi connectivity index (χ2n) is 3.53. The molecule has 0 saturated heterocycles. The molecule has 0 aromatic heterocycles.